The summed E-state index contributed by atoms with van der Waals surface area (Å²) >= 11 is 0. The van der Waals surface area contributed by atoms with Crippen molar-refractivity contribution in [2.75, 3.05) is 13.7 Å². The van der Waals surface area contributed by atoms with Gasteiger partial charge < -0.3 is 15.4 Å². The predicted octanol–water partition coefficient (Wildman–Crippen LogP) is 2.33. The SMILES string of the molecule is COc1ccc(C(=O)N2C[C@@H](N)CC[C@@H]2C(F)(F)F)cc1F. The minimum Gasteiger partial charge on any atom is -0.494 e. The van der Waals surface area contributed by atoms with Crippen LogP contribution in [-0.4, -0.2) is 42.7 Å². The highest BCUT2D eigenvalue weighted by molar-refractivity contribution is 5.94. The molecule has 1 aromatic rings. The third-order valence-electron chi connectivity index (χ3n) is 3.66. The van der Waals surface area contributed by atoms with Crippen molar-refractivity contribution in [2.24, 2.45) is 5.73 Å². The molecule has 0 radical (unpaired) electrons. The van der Waals surface area contributed by atoms with E-state index < -0.39 is 30.0 Å². The number of carbonyl (C=O) groups is 1. The van der Waals surface area contributed by atoms with Crippen LogP contribution in [0.4, 0.5) is 17.6 Å². The van der Waals surface area contributed by atoms with E-state index >= 15 is 0 Å². The van der Waals surface area contributed by atoms with E-state index in [1.54, 1.807) is 0 Å². The zero-order chi connectivity index (χ0) is 16.5. The first kappa shape index (κ1) is 16.5. The first-order valence-corrected chi connectivity index (χ1v) is 6.71. The second-order valence-electron chi connectivity index (χ2n) is 5.20. The van der Waals surface area contributed by atoms with Crippen molar-refractivity contribution >= 4 is 5.91 Å². The van der Waals surface area contributed by atoms with E-state index in [0.29, 0.717) is 4.90 Å². The van der Waals surface area contributed by atoms with Crippen LogP contribution in [0.5, 0.6) is 5.75 Å². The van der Waals surface area contributed by atoms with E-state index in [0.717, 1.165) is 6.07 Å². The Morgan fingerprint density at radius 3 is 2.59 bits per heavy atom. The Bertz CT molecular complexity index is 562. The highest BCUT2D eigenvalue weighted by Gasteiger charge is 2.47. The van der Waals surface area contributed by atoms with Crippen molar-refractivity contribution < 1.29 is 27.1 Å². The van der Waals surface area contributed by atoms with Gasteiger partial charge in [-0.15, -0.1) is 0 Å². The fourth-order valence-corrected chi connectivity index (χ4v) is 2.53. The van der Waals surface area contributed by atoms with Crippen molar-refractivity contribution in [1.29, 1.82) is 0 Å². The summed E-state index contributed by atoms with van der Waals surface area (Å²) in [5.74, 6) is -1.78. The average Bonchev–Trinajstić information content (AvgIpc) is 2.45. The molecule has 1 saturated heterocycles. The molecular weight excluding hydrogens is 304 g/mol. The molecule has 4 nitrogen and oxygen atoms in total. The highest BCUT2D eigenvalue weighted by Crippen LogP contribution is 2.33. The quantitative estimate of drug-likeness (QED) is 0.851. The van der Waals surface area contributed by atoms with Crippen LogP contribution >= 0.6 is 0 Å². The molecule has 22 heavy (non-hydrogen) atoms. The van der Waals surface area contributed by atoms with Crippen molar-refractivity contribution in [3.63, 3.8) is 0 Å². The van der Waals surface area contributed by atoms with E-state index in [-0.39, 0.29) is 30.7 Å². The van der Waals surface area contributed by atoms with Crippen molar-refractivity contribution in [3.05, 3.63) is 29.6 Å². The van der Waals surface area contributed by atoms with Gasteiger partial charge in [-0.2, -0.15) is 13.2 Å². The number of halogens is 4. The van der Waals surface area contributed by atoms with Gasteiger partial charge in [-0.25, -0.2) is 4.39 Å². The molecule has 1 aliphatic rings. The summed E-state index contributed by atoms with van der Waals surface area (Å²) < 4.78 is 57.6. The number of alkyl halides is 3. The number of amides is 1. The number of benzene rings is 1. The Morgan fingerprint density at radius 2 is 2.05 bits per heavy atom. The lowest BCUT2D eigenvalue weighted by Gasteiger charge is -2.39. The van der Waals surface area contributed by atoms with E-state index in [4.69, 9.17) is 10.5 Å². The maximum absolute atomic E-state index is 13.6. The number of methoxy groups -OCH3 is 1. The zero-order valence-corrected chi connectivity index (χ0v) is 11.9. The Kier molecular flexibility index (Phi) is 4.60. The van der Waals surface area contributed by atoms with Crippen LogP contribution in [0.25, 0.3) is 0 Å². The molecular formula is C14H16F4N2O2. The minimum absolute atomic E-state index is 0.0840. The number of likely N-dealkylation sites (tertiary alicyclic amines) is 1. The van der Waals surface area contributed by atoms with Crippen LogP contribution < -0.4 is 10.5 Å². The zero-order valence-electron chi connectivity index (χ0n) is 11.9. The Labute approximate surface area is 124 Å². The van der Waals surface area contributed by atoms with Crippen LogP contribution in [-0.2, 0) is 0 Å². The Balaban J connectivity index is 2.30. The van der Waals surface area contributed by atoms with Crippen LogP contribution in [0.15, 0.2) is 18.2 Å². The molecule has 2 atom stereocenters. The van der Waals surface area contributed by atoms with Gasteiger partial charge in [0.15, 0.2) is 11.6 Å². The third kappa shape index (κ3) is 3.32. The lowest BCUT2D eigenvalue weighted by atomic mass is 9.97. The molecule has 0 aliphatic carbocycles. The lowest BCUT2D eigenvalue weighted by molar-refractivity contribution is -0.184. The Hall–Kier alpha value is -1.83. The second-order valence-corrected chi connectivity index (χ2v) is 5.20. The number of hydrogen-bond donors (Lipinski definition) is 1. The molecule has 1 aliphatic heterocycles. The van der Waals surface area contributed by atoms with Crippen molar-refractivity contribution in [3.8, 4) is 5.75 Å². The van der Waals surface area contributed by atoms with E-state index in [1.165, 1.54) is 19.2 Å². The maximum Gasteiger partial charge on any atom is 0.408 e. The first-order valence-electron chi connectivity index (χ1n) is 6.71. The van der Waals surface area contributed by atoms with E-state index in [9.17, 15) is 22.4 Å². The number of rotatable bonds is 2. The Morgan fingerprint density at radius 1 is 1.36 bits per heavy atom. The summed E-state index contributed by atoms with van der Waals surface area (Å²) in [5.41, 5.74) is 5.50. The number of nitrogens with two attached hydrogens (primary N) is 1. The van der Waals surface area contributed by atoms with Gasteiger partial charge in [0.2, 0.25) is 0 Å². The number of ether oxygens (including phenoxy) is 1. The summed E-state index contributed by atoms with van der Waals surface area (Å²) in [6, 6.07) is 0.886. The second kappa shape index (κ2) is 6.12. The molecule has 1 fully saturated rings. The molecule has 0 aromatic heterocycles. The first-order chi connectivity index (χ1) is 10.2. The summed E-state index contributed by atoms with van der Waals surface area (Å²) in [7, 11) is 1.25. The van der Waals surface area contributed by atoms with Gasteiger partial charge in [-0.05, 0) is 31.0 Å². The van der Waals surface area contributed by atoms with Gasteiger partial charge >= 0.3 is 6.18 Å². The topological polar surface area (TPSA) is 55.6 Å². The van der Waals surface area contributed by atoms with E-state index in [2.05, 4.69) is 0 Å². The average molecular weight is 320 g/mol. The third-order valence-corrected chi connectivity index (χ3v) is 3.66. The highest BCUT2D eigenvalue weighted by atomic mass is 19.4. The molecule has 0 bridgehead atoms. The van der Waals surface area contributed by atoms with Gasteiger partial charge in [-0.1, -0.05) is 0 Å². The number of hydrogen-bond acceptors (Lipinski definition) is 3. The van der Waals surface area contributed by atoms with Crippen molar-refractivity contribution in [2.45, 2.75) is 31.1 Å². The molecule has 1 amide bonds. The standard InChI is InChI=1S/C14H16F4N2O2/c1-22-11-4-2-8(6-10(11)15)13(21)20-7-9(19)3-5-12(20)14(16,17)18/h2,4,6,9,12H,3,5,7,19H2,1H3/t9-,12+/m0/s1. The largest absolute Gasteiger partial charge is 0.494 e. The van der Waals surface area contributed by atoms with Gasteiger partial charge in [0.05, 0.1) is 7.11 Å². The van der Waals surface area contributed by atoms with Crippen LogP contribution in [0.2, 0.25) is 0 Å². The molecule has 0 saturated carbocycles. The maximum atomic E-state index is 13.6. The van der Waals surface area contributed by atoms with Crippen LogP contribution in [0.1, 0.15) is 23.2 Å². The molecule has 0 unspecified atom stereocenters. The smallest absolute Gasteiger partial charge is 0.408 e. The number of carbonyl (C=O) groups excluding carboxylic acids is 1. The molecule has 2 rings (SSSR count). The molecule has 8 heteroatoms. The fourth-order valence-electron chi connectivity index (χ4n) is 2.53. The molecule has 2 N–H and O–H groups in total. The van der Waals surface area contributed by atoms with Crippen molar-refractivity contribution in [1.82, 2.24) is 4.90 Å². The van der Waals surface area contributed by atoms with Gasteiger partial charge in [0, 0.05) is 18.2 Å². The normalized spacial score (nSPS) is 22.5. The van der Waals surface area contributed by atoms with Crippen LogP contribution in [0, 0.1) is 5.82 Å². The summed E-state index contributed by atoms with van der Waals surface area (Å²) in [6.07, 6.45) is -4.61. The van der Waals surface area contributed by atoms with Gasteiger partial charge in [0.25, 0.3) is 5.91 Å². The monoisotopic (exact) mass is 320 g/mol. The predicted molar refractivity (Wildman–Crippen MR) is 71.0 cm³/mol. The van der Waals surface area contributed by atoms with Crippen LogP contribution in [0.3, 0.4) is 0 Å². The number of nitrogens with zero attached hydrogens (tertiary/aromatic N) is 1. The van der Waals surface area contributed by atoms with E-state index in [1.807, 2.05) is 0 Å². The molecule has 1 aromatic carbocycles. The molecule has 1 heterocycles. The lowest BCUT2D eigenvalue weighted by Crippen LogP contribution is -2.56. The molecule has 0 spiro atoms. The van der Waals surface area contributed by atoms with Gasteiger partial charge in [0.1, 0.15) is 6.04 Å². The number of piperidine rings is 1. The van der Waals surface area contributed by atoms with Gasteiger partial charge in [-0.3, -0.25) is 4.79 Å². The fraction of sp³-hybridized carbons (Fsp3) is 0.500. The molecule has 122 valence electrons. The minimum atomic E-state index is -4.54. The summed E-state index contributed by atoms with van der Waals surface area (Å²) in [6.45, 7) is -0.212. The summed E-state index contributed by atoms with van der Waals surface area (Å²) in [4.78, 5) is 13.0. The summed E-state index contributed by atoms with van der Waals surface area (Å²) in [5, 5.41) is 0.